The number of nitrogens with zero attached hydrogens (tertiary/aromatic N) is 2. The summed E-state index contributed by atoms with van der Waals surface area (Å²) in [6, 6.07) is 4.26. The standard InChI is InChI=1S/C13H17ClN2O2/c1-2-18-13(17)9-16(11-3-4-11)8-10-5-6-15-12(14)7-10/h5-7,11H,2-4,8-9H2,1H3. The third kappa shape index (κ3) is 3.96. The molecule has 0 N–H and O–H groups in total. The van der Waals surface area contributed by atoms with Gasteiger partial charge in [-0.1, -0.05) is 11.6 Å². The van der Waals surface area contributed by atoms with Crippen molar-refractivity contribution in [2.45, 2.75) is 32.4 Å². The molecule has 0 saturated heterocycles. The zero-order chi connectivity index (χ0) is 13.0. The van der Waals surface area contributed by atoms with Crippen molar-refractivity contribution in [3.63, 3.8) is 0 Å². The molecule has 1 aromatic heterocycles. The van der Waals surface area contributed by atoms with Crippen LogP contribution in [-0.4, -0.2) is 35.0 Å². The second-order valence-electron chi connectivity index (χ2n) is 4.43. The Labute approximate surface area is 112 Å². The topological polar surface area (TPSA) is 42.4 Å². The molecule has 0 bridgehead atoms. The SMILES string of the molecule is CCOC(=O)CN(Cc1ccnc(Cl)c1)C1CC1. The van der Waals surface area contributed by atoms with Gasteiger partial charge in [-0.3, -0.25) is 9.69 Å². The van der Waals surface area contributed by atoms with Crippen molar-refractivity contribution < 1.29 is 9.53 Å². The lowest BCUT2D eigenvalue weighted by atomic mass is 10.2. The summed E-state index contributed by atoms with van der Waals surface area (Å²) in [5.74, 6) is -0.162. The van der Waals surface area contributed by atoms with Gasteiger partial charge in [0, 0.05) is 18.8 Å². The molecule has 1 heterocycles. The fraction of sp³-hybridized carbons (Fsp3) is 0.538. The number of halogens is 1. The minimum absolute atomic E-state index is 0.162. The average Bonchev–Trinajstić information content (AvgIpc) is 3.12. The number of ether oxygens (including phenoxy) is 1. The molecule has 2 rings (SSSR count). The number of aromatic nitrogens is 1. The molecular weight excluding hydrogens is 252 g/mol. The summed E-state index contributed by atoms with van der Waals surface area (Å²) in [4.78, 5) is 17.6. The fourth-order valence-corrected chi connectivity index (χ4v) is 2.10. The van der Waals surface area contributed by atoms with Crippen molar-refractivity contribution in [2.75, 3.05) is 13.2 Å². The Hall–Kier alpha value is -1.13. The van der Waals surface area contributed by atoms with Crippen LogP contribution in [0.1, 0.15) is 25.3 Å². The molecule has 4 nitrogen and oxygen atoms in total. The van der Waals surface area contributed by atoms with Crippen LogP contribution in [0.15, 0.2) is 18.3 Å². The molecule has 0 radical (unpaired) electrons. The maximum atomic E-state index is 11.5. The third-order valence-electron chi connectivity index (χ3n) is 2.88. The first-order chi connectivity index (χ1) is 8.69. The Bertz CT molecular complexity index is 421. The van der Waals surface area contributed by atoms with Crippen LogP contribution in [-0.2, 0) is 16.1 Å². The van der Waals surface area contributed by atoms with Crippen molar-refractivity contribution in [3.05, 3.63) is 29.0 Å². The summed E-state index contributed by atoms with van der Waals surface area (Å²) in [6.07, 6.45) is 3.99. The van der Waals surface area contributed by atoms with Gasteiger partial charge >= 0.3 is 5.97 Å². The van der Waals surface area contributed by atoms with Gasteiger partial charge in [-0.05, 0) is 37.5 Å². The summed E-state index contributed by atoms with van der Waals surface area (Å²) in [5, 5.41) is 0.486. The number of rotatable bonds is 6. The van der Waals surface area contributed by atoms with E-state index in [-0.39, 0.29) is 5.97 Å². The van der Waals surface area contributed by atoms with E-state index in [9.17, 15) is 4.79 Å². The number of carbonyl (C=O) groups excluding carboxylic acids is 1. The highest BCUT2D eigenvalue weighted by atomic mass is 35.5. The van der Waals surface area contributed by atoms with Crippen molar-refractivity contribution in [1.29, 1.82) is 0 Å². The Kier molecular flexibility index (Phi) is 4.55. The highest BCUT2D eigenvalue weighted by Gasteiger charge is 2.30. The average molecular weight is 269 g/mol. The van der Waals surface area contributed by atoms with Gasteiger partial charge < -0.3 is 4.74 Å². The summed E-state index contributed by atoms with van der Waals surface area (Å²) >= 11 is 5.86. The predicted octanol–water partition coefficient (Wildman–Crippen LogP) is 2.26. The van der Waals surface area contributed by atoms with E-state index in [1.54, 1.807) is 6.20 Å². The van der Waals surface area contributed by atoms with Crippen LogP contribution in [0.3, 0.4) is 0 Å². The molecule has 1 aliphatic carbocycles. The Morgan fingerprint density at radius 3 is 3.00 bits per heavy atom. The Balaban J connectivity index is 1.96. The van der Waals surface area contributed by atoms with Gasteiger partial charge in [0.1, 0.15) is 5.15 Å². The molecular formula is C13H17ClN2O2. The molecule has 18 heavy (non-hydrogen) atoms. The van der Waals surface area contributed by atoms with Gasteiger partial charge in [0.15, 0.2) is 0 Å². The maximum Gasteiger partial charge on any atom is 0.320 e. The molecule has 0 spiro atoms. The van der Waals surface area contributed by atoms with Crippen LogP contribution >= 0.6 is 11.6 Å². The summed E-state index contributed by atoms with van der Waals surface area (Å²) in [6.45, 7) is 3.31. The van der Waals surface area contributed by atoms with Crippen molar-refractivity contribution in [1.82, 2.24) is 9.88 Å². The molecule has 0 amide bonds. The van der Waals surface area contributed by atoms with E-state index >= 15 is 0 Å². The van der Waals surface area contributed by atoms with Gasteiger partial charge in [0.25, 0.3) is 0 Å². The lowest BCUT2D eigenvalue weighted by Crippen LogP contribution is -2.32. The van der Waals surface area contributed by atoms with Crippen LogP contribution in [0.5, 0.6) is 0 Å². The van der Waals surface area contributed by atoms with Gasteiger partial charge in [-0.25, -0.2) is 4.98 Å². The minimum Gasteiger partial charge on any atom is -0.465 e. The van der Waals surface area contributed by atoms with Gasteiger partial charge in [-0.2, -0.15) is 0 Å². The van der Waals surface area contributed by atoms with E-state index in [2.05, 4.69) is 9.88 Å². The molecule has 0 aliphatic heterocycles. The van der Waals surface area contributed by atoms with Gasteiger partial charge in [-0.15, -0.1) is 0 Å². The van der Waals surface area contributed by atoms with Crippen LogP contribution in [0.2, 0.25) is 5.15 Å². The van der Waals surface area contributed by atoms with Crippen LogP contribution < -0.4 is 0 Å². The van der Waals surface area contributed by atoms with Crippen LogP contribution in [0.4, 0.5) is 0 Å². The zero-order valence-electron chi connectivity index (χ0n) is 10.4. The highest BCUT2D eigenvalue weighted by molar-refractivity contribution is 6.29. The quantitative estimate of drug-likeness (QED) is 0.586. The highest BCUT2D eigenvalue weighted by Crippen LogP contribution is 2.28. The molecule has 0 aromatic carbocycles. The molecule has 1 aromatic rings. The summed E-state index contributed by atoms with van der Waals surface area (Å²) in [5.41, 5.74) is 1.08. The van der Waals surface area contributed by atoms with E-state index in [4.69, 9.17) is 16.3 Å². The van der Waals surface area contributed by atoms with Crippen LogP contribution in [0.25, 0.3) is 0 Å². The normalized spacial score (nSPS) is 14.8. The minimum atomic E-state index is -0.162. The van der Waals surface area contributed by atoms with Crippen molar-refractivity contribution >= 4 is 17.6 Å². The number of pyridine rings is 1. The van der Waals surface area contributed by atoms with Gasteiger partial charge in [0.05, 0.1) is 13.2 Å². The molecule has 98 valence electrons. The lowest BCUT2D eigenvalue weighted by molar-refractivity contribution is -0.144. The van der Waals surface area contributed by atoms with E-state index in [1.807, 2.05) is 19.1 Å². The van der Waals surface area contributed by atoms with Gasteiger partial charge in [0.2, 0.25) is 0 Å². The first-order valence-corrected chi connectivity index (χ1v) is 6.57. The molecule has 1 fully saturated rings. The van der Waals surface area contributed by atoms with Crippen molar-refractivity contribution in [3.8, 4) is 0 Å². The van der Waals surface area contributed by atoms with Crippen molar-refractivity contribution in [2.24, 2.45) is 0 Å². The predicted molar refractivity (Wildman–Crippen MR) is 69.3 cm³/mol. The number of carbonyl (C=O) groups is 1. The fourth-order valence-electron chi connectivity index (χ4n) is 1.90. The first-order valence-electron chi connectivity index (χ1n) is 6.19. The number of esters is 1. The summed E-state index contributed by atoms with van der Waals surface area (Å²) < 4.78 is 4.99. The van der Waals surface area contributed by atoms with E-state index in [0.29, 0.717) is 30.9 Å². The Morgan fingerprint density at radius 1 is 1.61 bits per heavy atom. The molecule has 1 aliphatic rings. The number of hydrogen-bond donors (Lipinski definition) is 0. The molecule has 5 heteroatoms. The second-order valence-corrected chi connectivity index (χ2v) is 4.82. The van der Waals surface area contributed by atoms with E-state index < -0.39 is 0 Å². The first kappa shape index (κ1) is 13.3. The third-order valence-corrected chi connectivity index (χ3v) is 3.08. The maximum absolute atomic E-state index is 11.5. The summed E-state index contributed by atoms with van der Waals surface area (Å²) in [7, 11) is 0. The molecule has 0 atom stereocenters. The lowest BCUT2D eigenvalue weighted by Gasteiger charge is -2.20. The number of hydrogen-bond acceptors (Lipinski definition) is 4. The largest absolute Gasteiger partial charge is 0.465 e. The molecule has 1 saturated carbocycles. The second kappa shape index (κ2) is 6.16. The molecule has 0 unspecified atom stereocenters. The monoisotopic (exact) mass is 268 g/mol. The van der Waals surface area contributed by atoms with E-state index in [0.717, 1.165) is 18.4 Å². The Morgan fingerprint density at radius 2 is 2.39 bits per heavy atom. The van der Waals surface area contributed by atoms with Crippen LogP contribution in [0, 0.1) is 0 Å². The zero-order valence-corrected chi connectivity index (χ0v) is 11.2. The van der Waals surface area contributed by atoms with E-state index in [1.165, 1.54) is 0 Å². The smallest absolute Gasteiger partial charge is 0.320 e.